The minimum Gasteiger partial charge on any atom is -0.335 e. The van der Waals surface area contributed by atoms with Crippen LogP contribution in [0.4, 0.5) is 5.69 Å². The Hall–Kier alpha value is -3.67. The van der Waals surface area contributed by atoms with Gasteiger partial charge in [0.05, 0.1) is 10.7 Å². The highest BCUT2D eigenvalue weighted by Gasteiger charge is 2.22. The van der Waals surface area contributed by atoms with Crippen molar-refractivity contribution < 1.29 is 66.9 Å². The first-order valence-electron chi connectivity index (χ1n) is 15.6. The number of nitrogens with zero attached hydrogens (tertiary/aromatic N) is 3. The summed E-state index contributed by atoms with van der Waals surface area (Å²) in [5.74, 6) is 0. The fourth-order valence-electron chi connectivity index (χ4n) is 5.47. The Kier molecular flexibility index (Phi) is 14.3. The number of fused-ring (bicyclic) bond motifs is 3. The van der Waals surface area contributed by atoms with E-state index in [9.17, 15) is 0 Å². The predicted octanol–water partition coefficient (Wildman–Crippen LogP) is -0.716. The van der Waals surface area contributed by atoms with Crippen LogP contribution in [0.2, 0.25) is 0 Å². The van der Waals surface area contributed by atoms with E-state index in [1.54, 1.807) is 0 Å². The van der Waals surface area contributed by atoms with Gasteiger partial charge in [-0.05, 0) is 74.9 Å². The number of aromatic nitrogens is 2. The van der Waals surface area contributed by atoms with Crippen molar-refractivity contribution in [3.63, 3.8) is 0 Å². The number of thioether (sulfide) groups is 1. The van der Waals surface area contributed by atoms with Crippen LogP contribution < -0.4 is 51.3 Å². The molecule has 0 saturated carbocycles. The normalized spacial score (nSPS) is 14.3. The zero-order valence-corrected chi connectivity index (χ0v) is 31.0. The van der Waals surface area contributed by atoms with Gasteiger partial charge in [-0.2, -0.15) is 9.13 Å². The van der Waals surface area contributed by atoms with Crippen molar-refractivity contribution in [2.75, 3.05) is 11.4 Å². The molecular weight excluding hydrogens is 737 g/mol. The van der Waals surface area contributed by atoms with E-state index < -0.39 is 20.5 Å². The molecule has 3 heterocycles. The second-order valence-corrected chi connectivity index (χ2v) is 14.3. The number of allylic oxidation sites excluding steroid dienone is 5. The third kappa shape index (κ3) is 11.9. The van der Waals surface area contributed by atoms with E-state index >= 15 is 0 Å². The highest BCUT2D eigenvalue weighted by atomic mass is 35.7. The summed E-state index contributed by atoms with van der Waals surface area (Å²) in [6, 6.07) is 30.4. The fourth-order valence-corrected chi connectivity index (χ4v) is 7.72. The largest absolute Gasteiger partial charge is 0.335 e. The van der Waals surface area contributed by atoms with Crippen molar-refractivity contribution in [3.05, 3.63) is 131 Å². The molecule has 1 aliphatic rings. The maximum absolute atomic E-state index is 8.49. The molecule has 2 aromatic heterocycles. The number of rotatable bonds is 8. The van der Waals surface area contributed by atoms with Gasteiger partial charge in [-0.25, -0.2) is 37.3 Å². The van der Waals surface area contributed by atoms with Gasteiger partial charge in [0, 0.05) is 47.2 Å². The van der Waals surface area contributed by atoms with Gasteiger partial charge < -0.3 is 4.90 Å². The zero-order chi connectivity index (χ0) is 37.2. The number of benzene rings is 3. The Morgan fingerprint density at radius 1 is 0.686 bits per heavy atom. The highest BCUT2D eigenvalue weighted by Crippen LogP contribution is 2.45. The molecule has 0 fully saturated rings. The molecule has 0 amide bonds. The van der Waals surface area contributed by atoms with Gasteiger partial charge in [-0.1, -0.05) is 65.6 Å². The Balaban J connectivity index is 0.000000516. The summed E-state index contributed by atoms with van der Waals surface area (Å²) >= 11 is 3.69. The molecule has 0 aliphatic carbocycles. The van der Waals surface area contributed by atoms with Crippen molar-refractivity contribution in [2.24, 2.45) is 0 Å². The third-order valence-corrected chi connectivity index (χ3v) is 9.74. The number of pyridine rings is 1. The number of hydrogen-bond donors (Lipinski definition) is 0. The van der Waals surface area contributed by atoms with Gasteiger partial charge in [-0.3, -0.25) is 0 Å². The van der Waals surface area contributed by atoms with E-state index in [2.05, 4.69) is 156 Å². The second kappa shape index (κ2) is 18.2. The Morgan fingerprint density at radius 2 is 1.27 bits per heavy atom. The first kappa shape index (κ1) is 40.1. The van der Waals surface area contributed by atoms with Gasteiger partial charge in [0.25, 0.3) is 5.01 Å². The number of halogens is 2. The summed E-state index contributed by atoms with van der Waals surface area (Å²) in [4.78, 5) is 3.71. The van der Waals surface area contributed by atoms with Crippen LogP contribution in [0.1, 0.15) is 31.5 Å². The highest BCUT2D eigenvalue weighted by molar-refractivity contribution is 8.03. The Morgan fingerprint density at radius 3 is 1.94 bits per heavy atom. The van der Waals surface area contributed by atoms with Crippen molar-refractivity contribution >= 4 is 62.1 Å². The van der Waals surface area contributed by atoms with Crippen molar-refractivity contribution in [2.45, 2.75) is 38.8 Å². The molecule has 15 heteroatoms. The SMILES string of the molecule is CCN1/C(=C/C=C(\C=C\c2ccc3ccccc3[n+]2CC)/C=C/c2sc3ccccc3[n+]2CC)Sc2ccccc21.[O-][Cl+3]([O-])([O-])[O-].[O-][Cl+3]([O-])([O-])[O-]. The molecule has 0 spiro atoms. The van der Waals surface area contributed by atoms with Gasteiger partial charge >= 0.3 is 0 Å². The summed E-state index contributed by atoms with van der Waals surface area (Å²) in [5.41, 5.74) is 6.19. The summed E-state index contributed by atoms with van der Waals surface area (Å²) in [6.45, 7) is 9.44. The van der Waals surface area contributed by atoms with Gasteiger partial charge in [0.1, 0.15) is 17.8 Å². The lowest BCUT2D eigenvalue weighted by atomic mass is 10.1. The van der Waals surface area contributed by atoms with E-state index in [4.69, 9.17) is 37.3 Å². The van der Waals surface area contributed by atoms with E-state index in [0.717, 1.165) is 25.2 Å². The molecule has 0 bridgehead atoms. The number of hydrogen-bond acceptors (Lipinski definition) is 11. The van der Waals surface area contributed by atoms with Crippen LogP contribution in [-0.4, -0.2) is 6.54 Å². The zero-order valence-electron chi connectivity index (χ0n) is 27.8. The smallest absolute Gasteiger partial charge is 0.262 e. The number of aryl methyl sites for hydroxylation is 2. The molecule has 11 nitrogen and oxygen atoms in total. The summed E-state index contributed by atoms with van der Waals surface area (Å²) in [5, 5.41) is 3.78. The topological polar surface area (TPSA) is 195 Å². The van der Waals surface area contributed by atoms with Crippen molar-refractivity contribution in [1.82, 2.24) is 0 Å². The quantitative estimate of drug-likeness (QED) is 0.144. The fraction of sp³-hybridized carbons (Fsp3) is 0.167. The number of para-hydroxylation sites is 3. The van der Waals surface area contributed by atoms with Crippen LogP contribution in [0.25, 0.3) is 33.3 Å². The number of thiazole rings is 1. The Bertz CT molecular complexity index is 2050. The van der Waals surface area contributed by atoms with Gasteiger partial charge in [0.2, 0.25) is 16.7 Å². The molecule has 268 valence electrons. The first-order valence-corrected chi connectivity index (χ1v) is 19.7. The second-order valence-electron chi connectivity index (χ2n) is 10.6. The molecular formula is C36H35Cl2N3O8S2. The molecule has 0 N–H and O–H groups in total. The standard InChI is InChI=1S/C36H35N3S2.2ClHO4/c1-4-37-29(24-22-28-13-7-8-14-30(28)37)23-19-27(20-25-35-38(5-2)31-15-9-11-17-33(31)40-35)21-26-36-39(6-3)32-16-10-12-18-34(32)41-36;2*2-1(3,4)5/h7-26H,4-6H2,1-3H3;2*(H,2,3,4,5)/q+2;;/p-2. The molecule has 5 aromatic rings. The molecule has 0 saturated heterocycles. The molecule has 3 aromatic carbocycles. The lowest BCUT2D eigenvalue weighted by Gasteiger charge is -2.17. The molecule has 0 radical (unpaired) electrons. The molecule has 6 rings (SSSR count). The van der Waals surface area contributed by atoms with Crippen LogP contribution in [0, 0.1) is 20.5 Å². The minimum absolute atomic E-state index is 0.915. The monoisotopic (exact) mass is 771 g/mol. The average Bonchev–Trinajstić information content (AvgIpc) is 3.63. The molecule has 51 heavy (non-hydrogen) atoms. The summed E-state index contributed by atoms with van der Waals surface area (Å²) < 4.78 is 74.0. The van der Waals surface area contributed by atoms with Crippen LogP contribution >= 0.6 is 23.1 Å². The van der Waals surface area contributed by atoms with E-state index in [1.807, 2.05) is 23.1 Å². The lowest BCUT2D eigenvalue weighted by Crippen LogP contribution is -2.68. The first-order chi connectivity index (χ1) is 24.2. The van der Waals surface area contributed by atoms with Gasteiger partial charge in [-0.15, -0.1) is 20.5 Å². The molecule has 0 unspecified atom stereocenters. The number of anilines is 1. The van der Waals surface area contributed by atoms with Crippen molar-refractivity contribution in [3.8, 4) is 0 Å². The van der Waals surface area contributed by atoms with Gasteiger partial charge in [0.15, 0.2) is 0 Å². The summed E-state index contributed by atoms with van der Waals surface area (Å²) in [7, 11) is -9.89. The average molecular weight is 773 g/mol. The van der Waals surface area contributed by atoms with Crippen LogP contribution in [0.3, 0.4) is 0 Å². The van der Waals surface area contributed by atoms with E-state index in [-0.39, 0.29) is 0 Å². The maximum Gasteiger partial charge on any atom is 0.262 e. The summed E-state index contributed by atoms with van der Waals surface area (Å²) in [6.07, 6.45) is 13.5. The van der Waals surface area contributed by atoms with Crippen LogP contribution in [0.5, 0.6) is 0 Å². The Labute approximate surface area is 308 Å². The van der Waals surface area contributed by atoms with E-state index in [0.29, 0.717) is 0 Å². The van der Waals surface area contributed by atoms with Crippen LogP contribution in [-0.2, 0) is 13.1 Å². The van der Waals surface area contributed by atoms with Crippen LogP contribution in [0.15, 0.2) is 125 Å². The lowest BCUT2D eigenvalue weighted by molar-refractivity contribution is -2.00. The molecule has 1 aliphatic heterocycles. The molecule has 0 atom stereocenters. The maximum atomic E-state index is 8.49. The minimum atomic E-state index is -4.94. The third-order valence-electron chi connectivity index (χ3n) is 7.48. The van der Waals surface area contributed by atoms with Crippen molar-refractivity contribution in [1.29, 1.82) is 0 Å². The predicted molar refractivity (Wildman–Crippen MR) is 177 cm³/mol. The van der Waals surface area contributed by atoms with E-state index in [1.165, 1.54) is 47.4 Å².